The molecule has 134 valence electrons. The largest absolute Gasteiger partial charge is 0.363 e. The van der Waals surface area contributed by atoms with Crippen molar-refractivity contribution in [1.29, 1.82) is 0 Å². The Kier molecular flexibility index (Phi) is 4.00. The van der Waals surface area contributed by atoms with Crippen LogP contribution in [0.2, 0.25) is 0 Å². The Hall–Kier alpha value is -3.81. The number of hydrogen-bond acceptors (Lipinski definition) is 6. The number of nitrogens with zero attached hydrogens (tertiary/aromatic N) is 4. The molecule has 1 aliphatic rings. The van der Waals surface area contributed by atoms with Crippen LogP contribution < -0.4 is 0 Å². The number of hydrogen-bond donors (Lipinski definition) is 0. The lowest BCUT2D eigenvalue weighted by Gasteiger charge is -2.12. The highest BCUT2D eigenvalue weighted by Gasteiger charge is 2.38. The lowest BCUT2D eigenvalue weighted by atomic mass is 10.1. The van der Waals surface area contributed by atoms with Crippen molar-refractivity contribution in [2.45, 2.75) is 13.5 Å². The maximum atomic E-state index is 12.4. The van der Waals surface area contributed by atoms with Crippen molar-refractivity contribution in [3.63, 3.8) is 0 Å². The summed E-state index contributed by atoms with van der Waals surface area (Å²) in [5.74, 6) is -1.43. The molecule has 2 aromatic carbocycles. The lowest BCUT2D eigenvalue weighted by molar-refractivity contribution is -0.0584. The summed E-state index contributed by atoms with van der Waals surface area (Å²) in [5, 5.41) is 4.60. The summed E-state index contributed by atoms with van der Waals surface area (Å²) in [6.45, 7) is 2.62. The molecule has 1 aromatic heterocycles. The van der Waals surface area contributed by atoms with Gasteiger partial charge in [0.15, 0.2) is 5.82 Å². The van der Waals surface area contributed by atoms with Crippen LogP contribution in [0.3, 0.4) is 0 Å². The number of carbonyl (C=O) groups is 3. The minimum absolute atomic E-state index is 0.206. The van der Waals surface area contributed by atoms with E-state index in [0.29, 0.717) is 17.4 Å². The number of carbonyl (C=O) groups excluding carboxylic acids is 3. The molecule has 1 aliphatic heterocycles. The van der Waals surface area contributed by atoms with Crippen LogP contribution in [0.15, 0.2) is 54.9 Å². The smallest absolute Gasteiger partial charge is 0.324 e. The van der Waals surface area contributed by atoms with E-state index >= 15 is 0 Å². The number of amides is 2. The quantitative estimate of drug-likeness (QED) is 0.661. The topological polar surface area (TPSA) is 94.4 Å². The van der Waals surface area contributed by atoms with Gasteiger partial charge in [0.25, 0.3) is 11.8 Å². The third kappa shape index (κ3) is 2.77. The first-order valence-electron chi connectivity index (χ1n) is 8.28. The van der Waals surface area contributed by atoms with E-state index in [1.165, 1.54) is 18.5 Å². The molecule has 0 spiro atoms. The second-order valence-electron chi connectivity index (χ2n) is 5.81. The fourth-order valence-electron chi connectivity index (χ4n) is 2.86. The zero-order valence-corrected chi connectivity index (χ0v) is 14.3. The van der Waals surface area contributed by atoms with Gasteiger partial charge in [-0.15, -0.1) is 0 Å². The number of hydroxylamine groups is 2. The van der Waals surface area contributed by atoms with Crippen LogP contribution in [0.5, 0.6) is 0 Å². The van der Waals surface area contributed by atoms with Gasteiger partial charge in [-0.05, 0) is 31.2 Å². The summed E-state index contributed by atoms with van der Waals surface area (Å²) < 4.78 is 1.73. The third-order valence-electron chi connectivity index (χ3n) is 4.22. The van der Waals surface area contributed by atoms with Gasteiger partial charge in [-0.3, -0.25) is 9.59 Å². The average Bonchev–Trinajstić information content (AvgIpc) is 3.27. The second kappa shape index (κ2) is 6.49. The van der Waals surface area contributed by atoms with Crippen molar-refractivity contribution < 1.29 is 19.2 Å². The molecule has 0 bridgehead atoms. The van der Waals surface area contributed by atoms with Crippen molar-refractivity contribution >= 4 is 17.8 Å². The fraction of sp³-hybridized carbons (Fsp3) is 0.105. The monoisotopic (exact) mass is 362 g/mol. The number of benzene rings is 2. The van der Waals surface area contributed by atoms with Crippen LogP contribution in [0.1, 0.15) is 38.0 Å². The molecule has 0 aliphatic carbocycles. The second-order valence-corrected chi connectivity index (χ2v) is 5.81. The van der Waals surface area contributed by atoms with E-state index in [1.807, 2.05) is 6.92 Å². The number of fused-ring (bicyclic) bond motifs is 1. The molecule has 0 radical (unpaired) electrons. The van der Waals surface area contributed by atoms with Crippen LogP contribution in [-0.2, 0) is 11.4 Å². The molecule has 0 N–H and O–H groups in total. The van der Waals surface area contributed by atoms with E-state index in [2.05, 4.69) is 10.1 Å². The molecule has 0 saturated heterocycles. The van der Waals surface area contributed by atoms with Crippen molar-refractivity contribution in [1.82, 2.24) is 19.8 Å². The zero-order valence-electron chi connectivity index (χ0n) is 14.3. The van der Waals surface area contributed by atoms with Crippen molar-refractivity contribution in [2.24, 2.45) is 0 Å². The maximum Gasteiger partial charge on any atom is 0.363 e. The minimum Gasteiger partial charge on any atom is -0.324 e. The van der Waals surface area contributed by atoms with E-state index in [9.17, 15) is 14.4 Å². The molecule has 0 fully saturated rings. The molecule has 0 atom stereocenters. The zero-order chi connectivity index (χ0) is 19.0. The summed E-state index contributed by atoms with van der Waals surface area (Å²) in [6.07, 6.45) is 1.46. The first kappa shape index (κ1) is 16.6. The molecule has 0 saturated carbocycles. The van der Waals surface area contributed by atoms with Crippen molar-refractivity contribution in [3.8, 4) is 11.4 Å². The summed E-state index contributed by atoms with van der Waals surface area (Å²) in [6, 6.07) is 12.8. The Bertz CT molecular complexity index is 1020. The SMILES string of the molecule is CCn1ncnc1-c1ccc(C(=O)ON2C(=O)c3ccccc3C2=O)cc1. The molecular formula is C19H14N4O4. The summed E-state index contributed by atoms with van der Waals surface area (Å²) in [4.78, 5) is 46.1. The predicted octanol–water partition coefficient (Wildman–Crippen LogP) is 2.33. The highest BCUT2D eigenvalue weighted by molar-refractivity contribution is 6.21. The average molecular weight is 362 g/mol. The van der Waals surface area contributed by atoms with Gasteiger partial charge in [0.2, 0.25) is 0 Å². The summed E-state index contributed by atoms with van der Waals surface area (Å²) in [7, 11) is 0. The number of imide groups is 1. The predicted molar refractivity (Wildman–Crippen MR) is 93.5 cm³/mol. The molecule has 4 rings (SSSR count). The Morgan fingerprint density at radius 2 is 1.63 bits per heavy atom. The van der Waals surface area contributed by atoms with Crippen LogP contribution in [-0.4, -0.2) is 37.6 Å². The van der Waals surface area contributed by atoms with Gasteiger partial charge in [0, 0.05) is 12.1 Å². The van der Waals surface area contributed by atoms with Crippen LogP contribution in [0, 0.1) is 0 Å². The Morgan fingerprint density at radius 3 is 2.22 bits per heavy atom. The lowest BCUT2D eigenvalue weighted by Crippen LogP contribution is -2.32. The molecular weight excluding hydrogens is 348 g/mol. The van der Waals surface area contributed by atoms with Gasteiger partial charge in [0.05, 0.1) is 16.7 Å². The van der Waals surface area contributed by atoms with E-state index in [1.54, 1.807) is 41.1 Å². The molecule has 0 unspecified atom stereocenters. The van der Waals surface area contributed by atoms with E-state index in [0.717, 1.165) is 5.56 Å². The molecule has 8 nitrogen and oxygen atoms in total. The maximum absolute atomic E-state index is 12.4. The third-order valence-corrected chi connectivity index (χ3v) is 4.22. The highest BCUT2D eigenvalue weighted by Crippen LogP contribution is 2.24. The standard InChI is InChI=1S/C19H14N4O4/c1-2-22-16(20-11-21-22)12-7-9-13(10-8-12)19(26)27-23-17(24)14-5-3-4-6-15(14)18(23)25/h3-11H,2H2,1H3. The first-order valence-corrected chi connectivity index (χ1v) is 8.28. The van der Waals surface area contributed by atoms with Gasteiger partial charge < -0.3 is 4.84 Å². The molecule has 8 heteroatoms. The first-order chi connectivity index (χ1) is 13.1. The highest BCUT2D eigenvalue weighted by atomic mass is 16.7. The van der Waals surface area contributed by atoms with Gasteiger partial charge in [-0.1, -0.05) is 29.3 Å². The normalized spacial score (nSPS) is 13.0. The van der Waals surface area contributed by atoms with Crippen LogP contribution >= 0.6 is 0 Å². The minimum atomic E-state index is -0.798. The van der Waals surface area contributed by atoms with Crippen LogP contribution in [0.4, 0.5) is 0 Å². The van der Waals surface area contributed by atoms with Gasteiger partial charge in [-0.25, -0.2) is 14.5 Å². The summed E-state index contributed by atoms with van der Waals surface area (Å²) >= 11 is 0. The van der Waals surface area contributed by atoms with Crippen molar-refractivity contribution in [2.75, 3.05) is 0 Å². The number of aryl methyl sites for hydroxylation is 1. The molecule has 3 aromatic rings. The van der Waals surface area contributed by atoms with Gasteiger partial charge in [0.1, 0.15) is 6.33 Å². The number of rotatable bonds is 4. The summed E-state index contributed by atoms with van der Waals surface area (Å²) in [5.41, 5.74) is 1.42. The van der Waals surface area contributed by atoms with Crippen LogP contribution in [0.25, 0.3) is 11.4 Å². The molecule has 27 heavy (non-hydrogen) atoms. The Morgan fingerprint density at radius 1 is 1.00 bits per heavy atom. The molecule has 2 amide bonds. The number of aromatic nitrogens is 3. The van der Waals surface area contributed by atoms with E-state index < -0.39 is 17.8 Å². The van der Waals surface area contributed by atoms with Crippen molar-refractivity contribution in [3.05, 3.63) is 71.5 Å². The Labute approximate surface area is 154 Å². The Balaban J connectivity index is 1.53. The van der Waals surface area contributed by atoms with E-state index in [-0.39, 0.29) is 16.7 Å². The fourth-order valence-corrected chi connectivity index (χ4v) is 2.86. The molecule has 2 heterocycles. The van der Waals surface area contributed by atoms with E-state index in [4.69, 9.17) is 4.84 Å². The van der Waals surface area contributed by atoms with Gasteiger partial charge >= 0.3 is 5.97 Å². The van der Waals surface area contributed by atoms with Gasteiger partial charge in [-0.2, -0.15) is 5.10 Å².